The van der Waals surface area contributed by atoms with Gasteiger partial charge in [-0.05, 0) is 29.8 Å². The molecule has 1 amide bonds. The molecule has 0 unspecified atom stereocenters. The average molecular weight is 328 g/mol. The van der Waals surface area contributed by atoms with Crippen LogP contribution in [0, 0.1) is 0 Å². The minimum Gasteiger partial charge on any atom is -0.495 e. The first-order valence-corrected chi connectivity index (χ1v) is 7.45. The van der Waals surface area contributed by atoms with Gasteiger partial charge in [0.05, 0.1) is 32.0 Å². The van der Waals surface area contributed by atoms with Gasteiger partial charge in [-0.2, -0.15) is 0 Å². The maximum Gasteiger partial charge on any atom is 0.337 e. The van der Waals surface area contributed by atoms with Gasteiger partial charge in [-0.1, -0.05) is 24.3 Å². The van der Waals surface area contributed by atoms with Crippen molar-refractivity contribution in [2.75, 3.05) is 26.1 Å². The molecule has 0 heterocycles. The summed E-state index contributed by atoms with van der Waals surface area (Å²) in [6, 6.07) is 14.3. The third-order valence-electron chi connectivity index (χ3n) is 3.41. The van der Waals surface area contributed by atoms with Crippen molar-refractivity contribution in [3.63, 3.8) is 0 Å². The zero-order valence-corrected chi connectivity index (χ0v) is 13.7. The van der Waals surface area contributed by atoms with Gasteiger partial charge in [0.2, 0.25) is 5.91 Å². The van der Waals surface area contributed by atoms with E-state index in [9.17, 15) is 9.59 Å². The molecule has 2 rings (SSSR count). The monoisotopic (exact) mass is 328 g/mol. The van der Waals surface area contributed by atoms with E-state index < -0.39 is 0 Å². The van der Waals surface area contributed by atoms with Crippen molar-refractivity contribution in [3.8, 4) is 5.75 Å². The summed E-state index contributed by atoms with van der Waals surface area (Å²) in [4.78, 5) is 23.3. The van der Waals surface area contributed by atoms with E-state index in [1.165, 1.54) is 7.11 Å². The Morgan fingerprint density at radius 1 is 1.00 bits per heavy atom. The number of para-hydroxylation sites is 2. The van der Waals surface area contributed by atoms with E-state index in [-0.39, 0.29) is 18.4 Å². The molecule has 6 heteroatoms. The van der Waals surface area contributed by atoms with E-state index in [0.29, 0.717) is 17.9 Å². The number of methoxy groups -OCH3 is 2. The molecule has 0 fully saturated rings. The number of anilines is 1. The van der Waals surface area contributed by atoms with E-state index in [1.54, 1.807) is 31.4 Å². The SMILES string of the molecule is COC(=O)c1ccc(CNC(=O)CNc2ccccc2OC)cc1. The van der Waals surface area contributed by atoms with Gasteiger partial charge >= 0.3 is 5.97 Å². The van der Waals surface area contributed by atoms with Gasteiger partial charge in [0.1, 0.15) is 5.75 Å². The van der Waals surface area contributed by atoms with Crippen molar-refractivity contribution in [3.05, 3.63) is 59.7 Å². The minimum absolute atomic E-state index is 0.140. The first-order valence-electron chi connectivity index (χ1n) is 7.45. The lowest BCUT2D eigenvalue weighted by molar-refractivity contribution is -0.119. The summed E-state index contributed by atoms with van der Waals surface area (Å²) in [7, 11) is 2.92. The molecule has 0 atom stereocenters. The molecule has 0 radical (unpaired) electrons. The highest BCUT2D eigenvalue weighted by molar-refractivity contribution is 5.89. The predicted octanol–water partition coefficient (Wildman–Crippen LogP) is 2.21. The Hall–Kier alpha value is -3.02. The van der Waals surface area contributed by atoms with Crippen molar-refractivity contribution in [2.24, 2.45) is 0 Å². The van der Waals surface area contributed by atoms with Crippen LogP contribution in [-0.2, 0) is 16.1 Å². The van der Waals surface area contributed by atoms with E-state index in [4.69, 9.17) is 4.74 Å². The summed E-state index contributed by atoms with van der Waals surface area (Å²) in [5.74, 6) is 0.160. The molecule has 0 aliphatic carbocycles. The maximum absolute atomic E-state index is 11.9. The quantitative estimate of drug-likeness (QED) is 0.762. The standard InChI is InChI=1S/C18H20N2O4/c1-23-16-6-4-3-5-15(16)19-12-17(21)20-11-13-7-9-14(10-8-13)18(22)24-2/h3-10,19H,11-12H2,1-2H3,(H,20,21). The topological polar surface area (TPSA) is 76.7 Å². The van der Waals surface area contributed by atoms with Crippen LogP contribution in [0.25, 0.3) is 0 Å². The van der Waals surface area contributed by atoms with Crippen molar-refractivity contribution < 1.29 is 19.1 Å². The summed E-state index contributed by atoms with van der Waals surface area (Å²) in [5, 5.41) is 5.84. The van der Waals surface area contributed by atoms with Crippen LogP contribution in [0.4, 0.5) is 5.69 Å². The molecule has 0 bridgehead atoms. The molecule has 2 aromatic carbocycles. The lowest BCUT2D eigenvalue weighted by atomic mass is 10.1. The van der Waals surface area contributed by atoms with Crippen LogP contribution in [0.5, 0.6) is 5.75 Å². The second-order valence-electron chi connectivity index (χ2n) is 5.02. The Labute approximate surface area is 140 Å². The molecule has 0 aliphatic rings. The lowest BCUT2D eigenvalue weighted by Gasteiger charge is -2.11. The number of amides is 1. The summed E-state index contributed by atoms with van der Waals surface area (Å²) >= 11 is 0. The summed E-state index contributed by atoms with van der Waals surface area (Å²) in [6.07, 6.45) is 0. The molecule has 0 spiro atoms. The average Bonchev–Trinajstić information content (AvgIpc) is 2.64. The fourth-order valence-electron chi connectivity index (χ4n) is 2.11. The van der Waals surface area contributed by atoms with Crippen LogP contribution < -0.4 is 15.4 Å². The number of hydrogen-bond acceptors (Lipinski definition) is 5. The maximum atomic E-state index is 11.9. The second kappa shape index (κ2) is 8.57. The van der Waals surface area contributed by atoms with Crippen LogP contribution in [0.2, 0.25) is 0 Å². The van der Waals surface area contributed by atoms with Crippen LogP contribution in [0.3, 0.4) is 0 Å². The fourth-order valence-corrected chi connectivity index (χ4v) is 2.11. The van der Waals surface area contributed by atoms with Gasteiger partial charge in [-0.25, -0.2) is 4.79 Å². The summed E-state index contributed by atoms with van der Waals surface area (Å²) < 4.78 is 9.85. The first kappa shape index (κ1) is 17.3. The third kappa shape index (κ3) is 4.74. The zero-order chi connectivity index (χ0) is 17.4. The van der Waals surface area contributed by atoms with Crippen molar-refractivity contribution in [1.29, 1.82) is 0 Å². The molecule has 2 N–H and O–H groups in total. The minimum atomic E-state index is -0.383. The van der Waals surface area contributed by atoms with Gasteiger partial charge in [0.15, 0.2) is 0 Å². The van der Waals surface area contributed by atoms with Crippen molar-refractivity contribution in [1.82, 2.24) is 5.32 Å². The molecular weight excluding hydrogens is 308 g/mol. The highest BCUT2D eigenvalue weighted by Gasteiger charge is 2.06. The molecular formula is C18H20N2O4. The molecule has 0 aromatic heterocycles. The number of hydrogen-bond donors (Lipinski definition) is 2. The van der Waals surface area contributed by atoms with Gasteiger partial charge in [0.25, 0.3) is 0 Å². The molecule has 0 aliphatic heterocycles. The van der Waals surface area contributed by atoms with Gasteiger partial charge in [-0.15, -0.1) is 0 Å². The highest BCUT2D eigenvalue weighted by atomic mass is 16.5. The smallest absolute Gasteiger partial charge is 0.337 e. The van der Waals surface area contributed by atoms with E-state index in [0.717, 1.165) is 11.3 Å². The largest absolute Gasteiger partial charge is 0.495 e. The number of ether oxygens (including phenoxy) is 2. The van der Waals surface area contributed by atoms with Gasteiger partial charge in [-0.3, -0.25) is 4.79 Å². The fraction of sp³-hybridized carbons (Fsp3) is 0.222. The number of carbonyl (C=O) groups excluding carboxylic acids is 2. The Morgan fingerprint density at radius 3 is 2.38 bits per heavy atom. The van der Waals surface area contributed by atoms with Crippen LogP contribution in [0.1, 0.15) is 15.9 Å². The molecule has 2 aromatic rings. The summed E-state index contributed by atoms with van der Waals surface area (Å²) in [5.41, 5.74) is 2.14. The molecule has 6 nitrogen and oxygen atoms in total. The molecule has 24 heavy (non-hydrogen) atoms. The second-order valence-corrected chi connectivity index (χ2v) is 5.02. The van der Waals surface area contributed by atoms with E-state index in [2.05, 4.69) is 15.4 Å². The Bertz CT molecular complexity index is 698. The van der Waals surface area contributed by atoms with E-state index >= 15 is 0 Å². The Morgan fingerprint density at radius 2 is 1.71 bits per heavy atom. The number of nitrogens with one attached hydrogen (secondary N) is 2. The number of rotatable bonds is 7. The Kier molecular flexibility index (Phi) is 6.19. The van der Waals surface area contributed by atoms with Crippen molar-refractivity contribution in [2.45, 2.75) is 6.54 Å². The van der Waals surface area contributed by atoms with Gasteiger partial charge in [0, 0.05) is 6.54 Å². The number of carbonyl (C=O) groups is 2. The first-order chi connectivity index (χ1) is 11.6. The van der Waals surface area contributed by atoms with Crippen LogP contribution in [0.15, 0.2) is 48.5 Å². The van der Waals surface area contributed by atoms with E-state index in [1.807, 2.05) is 24.3 Å². The summed E-state index contributed by atoms with van der Waals surface area (Å²) in [6.45, 7) is 0.522. The van der Waals surface area contributed by atoms with Crippen molar-refractivity contribution >= 4 is 17.6 Å². The normalized spacial score (nSPS) is 9.92. The third-order valence-corrected chi connectivity index (χ3v) is 3.41. The highest BCUT2D eigenvalue weighted by Crippen LogP contribution is 2.22. The Balaban J connectivity index is 1.82. The zero-order valence-electron chi connectivity index (χ0n) is 13.7. The number of benzene rings is 2. The lowest BCUT2D eigenvalue weighted by Crippen LogP contribution is -2.29. The van der Waals surface area contributed by atoms with Gasteiger partial charge < -0.3 is 20.1 Å². The number of esters is 1. The van der Waals surface area contributed by atoms with Crippen LogP contribution in [-0.4, -0.2) is 32.6 Å². The predicted molar refractivity (Wildman–Crippen MR) is 91.1 cm³/mol. The molecule has 0 saturated heterocycles. The molecule has 126 valence electrons. The molecule has 0 saturated carbocycles. The van der Waals surface area contributed by atoms with Crippen LogP contribution >= 0.6 is 0 Å².